The number of carboxylic acid groups (broad SMARTS) is 1. The SMILES string of the molecule is CN1CC[C@]2(Cc3ccc(C(=O)O)cc3C2)C1=O. The lowest BCUT2D eigenvalue weighted by Gasteiger charge is -2.20. The zero-order valence-corrected chi connectivity index (χ0v) is 10.3. The number of rotatable bonds is 1. The maximum absolute atomic E-state index is 12.2. The second-order valence-electron chi connectivity index (χ2n) is 5.40. The summed E-state index contributed by atoms with van der Waals surface area (Å²) in [5.74, 6) is -0.704. The molecule has 1 aliphatic carbocycles. The molecular formula is C14H15NO3. The van der Waals surface area contributed by atoms with Gasteiger partial charge in [-0.2, -0.15) is 0 Å². The molecule has 1 amide bonds. The number of carbonyl (C=O) groups is 2. The fourth-order valence-electron chi connectivity index (χ4n) is 3.21. The Balaban J connectivity index is 1.96. The third kappa shape index (κ3) is 1.45. The summed E-state index contributed by atoms with van der Waals surface area (Å²) >= 11 is 0. The summed E-state index contributed by atoms with van der Waals surface area (Å²) in [6.45, 7) is 0.804. The van der Waals surface area contributed by atoms with Crippen LogP contribution in [0.25, 0.3) is 0 Å². The van der Waals surface area contributed by atoms with Crippen LogP contribution in [0.1, 0.15) is 27.9 Å². The summed E-state index contributed by atoms with van der Waals surface area (Å²) in [6, 6.07) is 5.21. The van der Waals surface area contributed by atoms with Gasteiger partial charge in [0.1, 0.15) is 0 Å². The largest absolute Gasteiger partial charge is 0.478 e. The maximum atomic E-state index is 12.2. The van der Waals surface area contributed by atoms with Crippen LogP contribution in [0, 0.1) is 5.41 Å². The van der Waals surface area contributed by atoms with Gasteiger partial charge in [0.05, 0.1) is 11.0 Å². The first-order valence-corrected chi connectivity index (χ1v) is 6.12. The first-order chi connectivity index (χ1) is 8.52. The fraction of sp³-hybridized carbons (Fsp3) is 0.429. The Morgan fingerprint density at radius 1 is 1.33 bits per heavy atom. The quantitative estimate of drug-likeness (QED) is 0.812. The Bertz CT molecular complexity index is 552. The molecule has 18 heavy (non-hydrogen) atoms. The van der Waals surface area contributed by atoms with Gasteiger partial charge in [0.2, 0.25) is 5.91 Å². The van der Waals surface area contributed by atoms with E-state index in [1.165, 1.54) is 0 Å². The Morgan fingerprint density at radius 3 is 2.67 bits per heavy atom. The van der Waals surface area contributed by atoms with Gasteiger partial charge in [-0.25, -0.2) is 4.79 Å². The lowest BCUT2D eigenvalue weighted by molar-refractivity contribution is -0.134. The van der Waals surface area contributed by atoms with E-state index < -0.39 is 5.97 Å². The molecule has 0 aromatic heterocycles. The standard InChI is InChI=1S/C14H15NO3/c1-15-5-4-14(13(15)18)7-10-3-2-9(12(16)17)6-11(10)8-14/h2-3,6H,4-5,7-8H2,1H3,(H,16,17)/t14-/m1/s1. The first-order valence-electron chi connectivity index (χ1n) is 6.12. The van der Waals surface area contributed by atoms with Gasteiger partial charge in [-0.15, -0.1) is 0 Å². The second kappa shape index (κ2) is 3.57. The van der Waals surface area contributed by atoms with Crippen molar-refractivity contribution in [1.29, 1.82) is 0 Å². The van der Waals surface area contributed by atoms with Crippen LogP contribution in [0.3, 0.4) is 0 Å². The van der Waals surface area contributed by atoms with E-state index in [9.17, 15) is 9.59 Å². The van der Waals surface area contributed by atoms with Gasteiger partial charge in [0.15, 0.2) is 0 Å². The normalized spacial score (nSPS) is 25.8. The van der Waals surface area contributed by atoms with Crippen molar-refractivity contribution in [2.75, 3.05) is 13.6 Å². The highest BCUT2D eigenvalue weighted by atomic mass is 16.4. The number of aromatic carboxylic acids is 1. The van der Waals surface area contributed by atoms with Crippen molar-refractivity contribution in [3.05, 3.63) is 34.9 Å². The molecular weight excluding hydrogens is 230 g/mol. The summed E-state index contributed by atoms with van der Waals surface area (Å²) in [5.41, 5.74) is 2.17. The second-order valence-corrected chi connectivity index (χ2v) is 5.40. The molecule has 4 nitrogen and oxygen atoms in total. The van der Waals surface area contributed by atoms with Crippen LogP contribution in [0.2, 0.25) is 0 Å². The average molecular weight is 245 g/mol. The van der Waals surface area contributed by atoms with E-state index in [1.54, 1.807) is 17.0 Å². The molecule has 1 aromatic carbocycles. The van der Waals surface area contributed by atoms with E-state index in [0.717, 1.165) is 30.5 Å². The minimum atomic E-state index is -0.909. The third-order valence-corrected chi connectivity index (χ3v) is 4.24. The molecule has 4 heteroatoms. The molecule has 94 valence electrons. The molecule has 1 aliphatic heterocycles. The van der Waals surface area contributed by atoms with Crippen molar-refractivity contribution < 1.29 is 14.7 Å². The topological polar surface area (TPSA) is 57.6 Å². The summed E-state index contributed by atoms with van der Waals surface area (Å²) in [7, 11) is 1.84. The van der Waals surface area contributed by atoms with E-state index in [-0.39, 0.29) is 11.3 Å². The number of nitrogens with zero attached hydrogens (tertiary/aromatic N) is 1. The van der Waals surface area contributed by atoms with Gasteiger partial charge in [-0.3, -0.25) is 4.79 Å². The van der Waals surface area contributed by atoms with Crippen LogP contribution in [-0.4, -0.2) is 35.5 Å². The maximum Gasteiger partial charge on any atom is 0.335 e. The number of amides is 1. The number of carboxylic acids is 1. The van der Waals surface area contributed by atoms with E-state index in [2.05, 4.69) is 0 Å². The molecule has 1 saturated heterocycles. The minimum Gasteiger partial charge on any atom is -0.478 e. The van der Waals surface area contributed by atoms with E-state index in [0.29, 0.717) is 12.0 Å². The van der Waals surface area contributed by atoms with Gasteiger partial charge >= 0.3 is 5.97 Å². The van der Waals surface area contributed by atoms with Crippen LogP contribution in [0.5, 0.6) is 0 Å². The molecule has 0 unspecified atom stereocenters. The van der Waals surface area contributed by atoms with Crippen LogP contribution in [0.4, 0.5) is 0 Å². The van der Waals surface area contributed by atoms with Crippen molar-refractivity contribution in [2.45, 2.75) is 19.3 Å². The van der Waals surface area contributed by atoms with Crippen molar-refractivity contribution in [2.24, 2.45) is 5.41 Å². The number of benzene rings is 1. The van der Waals surface area contributed by atoms with Crippen LogP contribution in [-0.2, 0) is 17.6 Å². The molecule has 1 aromatic rings. The van der Waals surface area contributed by atoms with Crippen LogP contribution >= 0.6 is 0 Å². The zero-order chi connectivity index (χ0) is 12.9. The molecule has 1 N–H and O–H groups in total. The van der Waals surface area contributed by atoms with Crippen LogP contribution in [0.15, 0.2) is 18.2 Å². The fourth-order valence-corrected chi connectivity index (χ4v) is 3.21. The Labute approximate surface area is 105 Å². The van der Waals surface area contributed by atoms with Crippen molar-refractivity contribution in [1.82, 2.24) is 4.90 Å². The number of hydrogen-bond donors (Lipinski definition) is 1. The monoisotopic (exact) mass is 245 g/mol. The first kappa shape index (κ1) is 11.3. The predicted molar refractivity (Wildman–Crippen MR) is 65.5 cm³/mol. The highest BCUT2D eigenvalue weighted by Crippen LogP contribution is 2.44. The molecule has 1 spiro atoms. The van der Waals surface area contributed by atoms with Crippen molar-refractivity contribution in [3.63, 3.8) is 0 Å². The number of hydrogen-bond acceptors (Lipinski definition) is 2. The average Bonchev–Trinajstić information content (AvgIpc) is 2.84. The molecule has 0 bridgehead atoms. The number of likely N-dealkylation sites (tertiary alicyclic amines) is 1. The third-order valence-electron chi connectivity index (χ3n) is 4.24. The molecule has 0 saturated carbocycles. The van der Waals surface area contributed by atoms with E-state index >= 15 is 0 Å². The summed E-state index contributed by atoms with van der Waals surface area (Å²) in [6.07, 6.45) is 2.32. The van der Waals surface area contributed by atoms with E-state index in [4.69, 9.17) is 5.11 Å². The van der Waals surface area contributed by atoms with Crippen LogP contribution < -0.4 is 0 Å². The predicted octanol–water partition coefficient (Wildman–Crippen LogP) is 1.33. The lowest BCUT2D eigenvalue weighted by atomic mass is 9.83. The Hall–Kier alpha value is -1.84. The highest BCUT2D eigenvalue weighted by molar-refractivity contribution is 5.89. The summed E-state index contributed by atoms with van der Waals surface area (Å²) < 4.78 is 0. The molecule has 1 fully saturated rings. The Morgan fingerprint density at radius 2 is 2.06 bits per heavy atom. The smallest absolute Gasteiger partial charge is 0.335 e. The van der Waals surface area contributed by atoms with E-state index in [1.807, 2.05) is 13.1 Å². The van der Waals surface area contributed by atoms with Gasteiger partial charge in [0, 0.05) is 13.6 Å². The minimum absolute atomic E-state index is 0.204. The van der Waals surface area contributed by atoms with Gasteiger partial charge in [-0.05, 0) is 42.5 Å². The number of fused-ring (bicyclic) bond motifs is 1. The Kier molecular flexibility index (Phi) is 2.24. The zero-order valence-electron chi connectivity index (χ0n) is 10.3. The highest BCUT2D eigenvalue weighted by Gasteiger charge is 2.48. The molecule has 2 aliphatic rings. The molecule has 0 radical (unpaired) electrons. The lowest BCUT2D eigenvalue weighted by Crippen LogP contribution is -2.32. The van der Waals surface area contributed by atoms with Crippen molar-refractivity contribution >= 4 is 11.9 Å². The number of carbonyl (C=O) groups excluding carboxylic acids is 1. The van der Waals surface area contributed by atoms with Gasteiger partial charge < -0.3 is 10.0 Å². The summed E-state index contributed by atoms with van der Waals surface area (Å²) in [5, 5.41) is 8.99. The molecule has 1 heterocycles. The van der Waals surface area contributed by atoms with Crippen molar-refractivity contribution in [3.8, 4) is 0 Å². The summed E-state index contributed by atoms with van der Waals surface area (Å²) in [4.78, 5) is 25.0. The van der Waals surface area contributed by atoms with Gasteiger partial charge in [-0.1, -0.05) is 6.07 Å². The molecule has 3 rings (SSSR count). The van der Waals surface area contributed by atoms with Gasteiger partial charge in [0.25, 0.3) is 0 Å². The molecule has 1 atom stereocenters.